The Bertz CT molecular complexity index is 1170. The van der Waals surface area contributed by atoms with Gasteiger partial charge in [-0.25, -0.2) is 9.18 Å². The molecule has 1 aliphatic heterocycles. The normalized spacial score (nSPS) is 18.5. The molecule has 2 N–H and O–H groups in total. The van der Waals surface area contributed by atoms with Gasteiger partial charge in [0.2, 0.25) is 5.89 Å². The first-order chi connectivity index (χ1) is 15.2. The van der Waals surface area contributed by atoms with E-state index < -0.39 is 36.3 Å². The first-order valence-corrected chi connectivity index (χ1v) is 9.77. The number of anilines is 1. The van der Waals surface area contributed by atoms with Gasteiger partial charge in [0.25, 0.3) is 12.2 Å². The summed E-state index contributed by atoms with van der Waals surface area (Å²) in [5, 5.41) is 7.65. The average Bonchev–Trinajstić information content (AvgIpc) is 3.31. The summed E-state index contributed by atoms with van der Waals surface area (Å²) >= 11 is 0. The molecule has 0 aliphatic carbocycles. The molecule has 0 saturated carbocycles. The number of aromatic nitrogens is 3. The van der Waals surface area contributed by atoms with E-state index in [0.717, 1.165) is 0 Å². The van der Waals surface area contributed by atoms with Crippen LogP contribution in [0.25, 0.3) is 22.7 Å². The molecule has 0 bridgehead atoms. The summed E-state index contributed by atoms with van der Waals surface area (Å²) < 4.78 is 30.5. The maximum absolute atomic E-state index is 14.9. The van der Waals surface area contributed by atoms with E-state index >= 15 is 0 Å². The highest BCUT2D eigenvalue weighted by molar-refractivity contribution is 5.91. The highest BCUT2D eigenvalue weighted by Gasteiger charge is 2.42. The van der Waals surface area contributed by atoms with Crippen molar-refractivity contribution in [3.63, 3.8) is 0 Å². The number of amides is 1. The Hall–Kier alpha value is -3.57. The number of esters is 1. The maximum atomic E-state index is 14.9. The number of aryl methyl sites for hydroxylation is 1. The van der Waals surface area contributed by atoms with E-state index in [4.69, 9.17) is 19.6 Å². The van der Waals surface area contributed by atoms with E-state index in [2.05, 4.69) is 15.2 Å². The molecule has 1 aromatic carbocycles. The van der Waals surface area contributed by atoms with Crippen molar-refractivity contribution in [3.8, 4) is 22.7 Å². The number of halogens is 2. The van der Waals surface area contributed by atoms with Crippen molar-refractivity contribution in [1.29, 1.82) is 0 Å². The molecule has 12 heteroatoms. The molecule has 1 fully saturated rings. The first kappa shape index (κ1) is 24.1. The van der Waals surface area contributed by atoms with Gasteiger partial charge in [0, 0.05) is 24.2 Å². The van der Waals surface area contributed by atoms with Gasteiger partial charge in [-0.2, -0.15) is 0 Å². The largest absolute Gasteiger partial charge is 0.422 e. The van der Waals surface area contributed by atoms with Crippen LogP contribution in [0.1, 0.15) is 19.7 Å². The van der Waals surface area contributed by atoms with Crippen LogP contribution in [-0.4, -0.2) is 45.6 Å². The number of nitrogens with zero attached hydrogens (tertiary/aromatic N) is 4. The lowest BCUT2D eigenvalue weighted by molar-refractivity contribution is -0.166. The third-order valence-corrected chi connectivity index (χ3v) is 4.87. The standard InChI is InChI=1S/C21H20FN5O5.ClH/c1-10(23)19(28)31-20-11(2)27(21(29)32-20)14-5-6-15(16(22)8-14)13-4-7-17(24-9-13)18-26-25-12(3)30-18;/h4-11,20H,23H2,1-3H3;1H/t10-,11+,20?;/m0./s1. The summed E-state index contributed by atoms with van der Waals surface area (Å²) in [4.78, 5) is 29.5. The summed E-state index contributed by atoms with van der Waals surface area (Å²) in [6.07, 6.45) is -0.412. The zero-order valence-corrected chi connectivity index (χ0v) is 18.7. The number of ether oxygens (including phenoxy) is 2. The topological polar surface area (TPSA) is 134 Å². The lowest BCUT2D eigenvalue weighted by atomic mass is 10.1. The van der Waals surface area contributed by atoms with Gasteiger partial charge in [-0.3, -0.25) is 14.7 Å². The molecule has 3 heterocycles. The summed E-state index contributed by atoms with van der Waals surface area (Å²) in [5.41, 5.74) is 7.01. The van der Waals surface area contributed by atoms with Crippen molar-refractivity contribution in [3.05, 3.63) is 48.2 Å². The van der Waals surface area contributed by atoms with Gasteiger partial charge >= 0.3 is 12.1 Å². The highest BCUT2D eigenvalue weighted by Crippen LogP contribution is 2.32. The van der Waals surface area contributed by atoms with Gasteiger partial charge in [0.05, 0.1) is 5.69 Å². The number of nitrogens with two attached hydrogens (primary N) is 1. The molecule has 0 radical (unpaired) electrons. The second-order valence-corrected chi connectivity index (χ2v) is 7.31. The van der Waals surface area contributed by atoms with E-state index in [1.54, 1.807) is 32.0 Å². The van der Waals surface area contributed by atoms with E-state index in [0.29, 0.717) is 17.1 Å². The molecule has 4 rings (SSSR count). The molecule has 0 spiro atoms. The van der Waals surface area contributed by atoms with Gasteiger partial charge in [-0.15, -0.1) is 22.6 Å². The Labute approximate surface area is 194 Å². The molecule has 1 unspecified atom stereocenters. The minimum absolute atomic E-state index is 0. The van der Waals surface area contributed by atoms with Crippen molar-refractivity contribution in [2.24, 2.45) is 5.73 Å². The quantitative estimate of drug-likeness (QED) is 0.549. The van der Waals surface area contributed by atoms with Crippen LogP contribution in [0.15, 0.2) is 40.9 Å². The van der Waals surface area contributed by atoms with Crippen LogP contribution in [-0.2, 0) is 14.3 Å². The predicted molar refractivity (Wildman–Crippen MR) is 117 cm³/mol. The van der Waals surface area contributed by atoms with E-state index in [1.165, 1.54) is 30.2 Å². The summed E-state index contributed by atoms with van der Waals surface area (Å²) in [7, 11) is 0. The molecule has 1 saturated heterocycles. The molecular weight excluding hydrogens is 457 g/mol. The van der Waals surface area contributed by atoms with Crippen LogP contribution in [0.5, 0.6) is 0 Å². The fraction of sp³-hybridized carbons (Fsp3) is 0.286. The van der Waals surface area contributed by atoms with Crippen LogP contribution in [0.4, 0.5) is 14.9 Å². The average molecular weight is 478 g/mol. The smallest absolute Gasteiger partial charge is 0.417 e. The zero-order chi connectivity index (χ0) is 23.0. The molecular formula is C21H21ClFN5O5. The van der Waals surface area contributed by atoms with Crippen molar-refractivity contribution in [2.45, 2.75) is 39.1 Å². The van der Waals surface area contributed by atoms with Crippen LogP contribution < -0.4 is 10.6 Å². The van der Waals surface area contributed by atoms with Crippen LogP contribution in [0.3, 0.4) is 0 Å². The first-order valence-electron chi connectivity index (χ1n) is 9.77. The van der Waals surface area contributed by atoms with Gasteiger partial charge in [0.15, 0.2) is 0 Å². The highest BCUT2D eigenvalue weighted by atomic mass is 35.5. The number of pyridine rings is 1. The van der Waals surface area contributed by atoms with Gasteiger partial charge < -0.3 is 19.6 Å². The Morgan fingerprint density at radius 1 is 1.27 bits per heavy atom. The van der Waals surface area contributed by atoms with Crippen molar-refractivity contribution in [1.82, 2.24) is 15.2 Å². The lowest BCUT2D eigenvalue weighted by Crippen LogP contribution is -2.39. The Morgan fingerprint density at radius 2 is 2.03 bits per heavy atom. The minimum Gasteiger partial charge on any atom is -0.422 e. The SMILES string of the molecule is Cc1nnc(-c2ccc(-c3ccc(N4C(=O)OC(OC(=O)[C@H](C)N)[C@H]4C)cc3F)cn2)o1.Cl. The van der Waals surface area contributed by atoms with Crippen molar-refractivity contribution >= 4 is 30.2 Å². The fourth-order valence-corrected chi connectivity index (χ4v) is 3.20. The second-order valence-electron chi connectivity index (χ2n) is 7.31. The number of hydrogen-bond acceptors (Lipinski definition) is 9. The molecule has 2 aromatic heterocycles. The Balaban J connectivity index is 0.00000306. The molecule has 1 amide bonds. The molecule has 33 heavy (non-hydrogen) atoms. The predicted octanol–water partition coefficient (Wildman–Crippen LogP) is 3.23. The Morgan fingerprint density at radius 3 is 2.61 bits per heavy atom. The van der Waals surface area contributed by atoms with Crippen LogP contribution in [0.2, 0.25) is 0 Å². The molecule has 174 valence electrons. The lowest BCUT2D eigenvalue weighted by Gasteiger charge is -2.21. The molecule has 1 aliphatic rings. The zero-order valence-electron chi connectivity index (χ0n) is 17.9. The van der Waals surface area contributed by atoms with E-state index in [-0.39, 0.29) is 29.5 Å². The number of carbonyl (C=O) groups excluding carboxylic acids is 2. The number of hydrogen-bond donors (Lipinski definition) is 1. The summed E-state index contributed by atoms with van der Waals surface area (Å²) in [5.74, 6) is -0.589. The number of benzene rings is 1. The number of carbonyl (C=O) groups is 2. The third-order valence-electron chi connectivity index (χ3n) is 4.87. The minimum atomic E-state index is -1.14. The number of cyclic esters (lactones) is 1. The van der Waals surface area contributed by atoms with Crippen LogP contribution in [0, 0.1) is 12.7 Å². The number of rotatable bonds is 5. The van der Waals surface area contributed by atoms with Crippen LogP contribution >= 0.6 is 12.4 Å². The third kappa shape index (κ3) is 4.78. The van der Waals surface area contributed by atoms with Gasteiger partial charge in [0.1, 0.15) is 23.6 Å². The fourth-order valence-electron chi connectivity index (χ4n) is 3.20. The maximum Gasteiger partial charge on any atom is 0.417 e. The summed E-state index contributed by atoms with van der Waals surface area (Å²) in [6, 6.07) is 6.09. The van der Waals surface area contributed by atoms with E-state index in [9.17, 15) is 14.0 Å². The Kier molecular flexibility index (Phi) is 6.94. The molecule has 10 nitrogen and oxygen atoms in total. The summed E-state index contributed by atoms with van der Waals surface area (Å²) in [6.45, 7) is 4.75. The van der Waals surface area contributed by atoms with Gasteiger partial charge in [-0.05, 0) is 38.1 Å². The monoisotopic (exact) mass is 477 g/mol. The second kappa shape index (κ2) is 9.51. The van der Waals surface area contributed by atoms with Gasteiger partial charge in [-0.1, -0.05) is 6.07 Å². The molecule has 3 aromatic rings. The van der Waals surface area contributed by atoms with E-state index in [1.807, 2.05) is 0 Å². The van der Waals surface area contributed by atoms with Crippen molar-refractivity contribution < 1.29 is 27.9 Å². The molecule has 3 atom stereocenters. The van der Waals surface area contributed by atoms with Crippen molar-refractivity contribution in [2.75, 3.05) is 4.90 Å².